The Balaban J connectivity index is 2.68. The van der Waals surface area contributed by atoms with E-state index in [-0.39, 0.29) is 0 Å². The van der Waals surface area contributed by atoms with E-state index in [1.165, 1.54) is 11.3 Å². The minimum absolute atomic E-state index is 0.369. The Hall–Kier alpha value is -1.00. The van der Waals surface area contributed by atoms with Gasteiger partial charge >= 0.3 is 5.97 Å². The normalized spacial score (nSPS) is 10.5. The quantitative estimate of drug-likeness (QED) is 0.710. The molecule has 0 spiro atoms. The van der Waals surface area contributed by atoms with Crippen LogP contribution < -0.4 is 0 Å². The zero-order valence-electron chi connectivity index (χ0n) is 6.52. The molecule has 1 aromatic heterocycles. The summed E-state index contributed by atoms with van der Waals surface area (Å²) in [5.41, 5.74) is 0. The molecule has 0 unspecified atom stereocenters. The van der Waals surface area contributed by atoms with Crippen LogP contribution >= 0.6 is 24.0 Å². The lowest BCUT2D eigenvalue weighted by Crippen LogP contribution is -1.89. The summed E-state index contributed by atoms with van der Waals surface area (Å²) in [6.07, 6.45) is 0. The van der Waals surface area contributed by atoms with E-state index in [9.17, 15) is 4.79 Å². The van der Waals surface area contributed by atoms with Crippen LogP contribution in [0.15, 0.2) is 29.2 Å². The number of carbonyl (C=O) groups is 1. The first-order valence-electron chi connectivity index (χ1n) is 3.62. The minimum Gasteiger partial charge on any atom is -0.477 e. The van der Waals surface area contributed by atoms with E-state index in [2.05, 4.69) is 12.6 Å². The number of aromatic carboxylic acids is 1. The lowest BCUT2D eigenvalue weighted by molar-refractivity contribution is 0.0702. The molecule has 0 saturated carbocycles. The second-order valence-corrected chi connectivity index (χ2v) is 4.24. The number of rotatable bonds is 1. The monoisotopic (exact) mass is 210 g/mol. The van der Waals surface area contributed by atoms with Crippen LogP contribution in [0.4, 0.5) is 0 Å². The van der Waals surface area contributed by atoms with Crippen molar-refractivity contribution < 1.29 is 9.90 Å². The molecule has 0 atom stereocenters. The third kappa shape index (κ3) is 1.55. The molecular weight excluding hydrogens is 204 g/mol. The summed E-state index contributed by atoms with van der Waals surface area (Å²) in [7, 11) is 0. The number of benzene rings is 1. The van der Waals surface area contributed by atoms with Crippen molar-refractivity contribution in [2.45, 2.75) is 4.90 Å². The van der Waals surface area contributed by atoms with Gasteiger partial charge in [-0.15, -0.1) is 24.0 Å². The predicted octanol–water partition coefficient (Wildman–Crippen LogP) is 2.89. The number of hydrogen-bond acceptors (Lipinski definition) is 3. The van der Waals surface area contributed by atoms with Crippen LogP contribution in [-0.4, -0.2) is 11.1 Å². The maximum Gasteiger partial charge on any atom is 0.345 e. The Morgan fingerprint density at radius 1 is 1.38 bits per heavy atom. The Kier molecular flexibility index (Phi) is 2.01. The molecule has 0 saturated heterocycles. The number of hydrogen-bond donors (Lipinski definition) is 2. The van der Waals surface area contributed by atoms with Crippen LogP contribution in [0.5, 0.6) is 0 Å². The fourth-order valence-corrected chi connectivity index (χ4v) is 2.36. The van der Waals surface area contributed by atoms with Gasteiger partial charge in [-0.3, -0.25) is 0 Å². The summed E-state index contributed by atoms with van der Waals surface area (Å²) < 4.78 is 0.963. The summed E-state index contributed by atoms with van der Waals surface area (Å²) in [6.45, 7) is 0. The van der Waals surface area contributed by atoms with Crippen molar-refractivity contribution in [2.24, 2.45) is 0 Å². The van der Waals surface area contributed by atoms with E-state index < -0.39 is 5.97 Å². The maximum atomic E-state index is 10.6. The van der Waals surface area contributed by atoms with Gasteiger partial charge in [-0.2, -0.15) is 0 Å². The van der Waals surface area contributed by atoms with Gasteiger partial charge in [0, 0.05) is 9.60 Å². The van der Waals surface area contributed by atoms with E-state index in [0.717, 1.165) is 15.0 Å². The molecule has 1 heterocycles. The van der Waals surface area contributed by atoms with Gasteiger partial charge in [-0.05, 0) is 23.6 Å². The van der Waals surface area contributed by atoms with Crippen molar-refractivity contribution in [1.29, 1.82) is 0 Å². The number of fused-ring (bicyclic) bond motifs is 1. The van der Waals surface area contributed by atoms with Crippen LogP contribution in [0.2, 0.25) is 0 Å². The van der Waals surface area contributed by atoms with Gasteiger partial charge in [-0.1, -0.05) is 6.07 Å². The van der Waals surface area contributed by atoms with Crippen molar-refractivity contribution >= 4 is 40.0 Å². The van der Waals surface area contributed by atoms with Crippen LogP contribution in [0.1, 0.15) is 9.67 Å². The molecular formula is C9H6O2S2. The SMILES string of the molecule is O=C(O)c1cc2ccc(S)cc2s1. The highest BCUT2D eigenvalue weighted by atomic mass is 32.1. The Morgan fingerprint density at radius 2 is 2.15 bits per heavy atom. The van der Waals surface area contributed by atoms with E-state index in [1.807, 2.05) is 18.2 Å². The molecule has 1 aromatic carbocycles. The molecule has 0 aliphatic heterocycles. The molecule has 0 fully saturated rings. The third-order valence-corrected chi connectivity index (χ3v) is 3.08. The molecule has 0 radical (unpaired) electrons. The maximum absolute atomic E-state index is 10.6. The molecule has 0 bridgehead atoms. The molecule has 4 heteroatoms. The van der Waals surface area contributed by atoms with Crippen LogP contribution in [-0.2, 0) is 0 Å². The Morgan fingerprint density at radius 3 is 2.85 bits per heavy atom. The molecule has 2 nitrogen and oxygen atoms in total. The number of carboxylic acid groups (broad SMARTS) is 1. The average molecular weight is 210 g/mol. The number of thiol groups is 1. The standard InChI is InChI=1S/C9H6O2S2/c10-9(11)8-3-5-1-2-6(12)4-7(5)13-8/h1-4,12H,(H,10,11). The topological polar surface area (TPSA) is 37.3 Å². The van der Waals surface area contributed by atoms with E-state index >= 15 is 0 Å². The van der Waals surface area contributed by atoms with Crippen molar-refractivity contribution in [3.8, 4) is 0 Å². The van der Waals surface area contributed by atoms with Gasteiger partial charge < -0.3 is 5.11 Å². The average Bonchev–Trinajstić information content (AvgIpc) is 2.46. The highest BCUT2D eigenvalue weighted by Crippen LogP contribution is 2.27. The summed E-state index contributed by atoms with van der Waals surface area (Å²) >= 11 is 5.45. The summed E-state index contributed by atoms with van der Waals surface area (Å²) in [6, 6.07) is 7.27. The van der Waals surface area contributed by atoms with Gasteiger partial charge in [0.1, 0.15) is 4.88 Å². The van der Waals surface area contributed by atoms with Crippen molar-refractivity contribution in [2.75, 3.05) is 0 Å². The van der Waals surface area contributed by atoms with Crippen LogP contribution in [0, 0.1) is 0 Å². The largest absolute Gasteiger partial charge is 0.477 e. The second-order valence-electron chi connectivity index (χ2n) is 2.64. The second kappa shape index (κ2) is 3.05. The minimum atomic E-state index is -0.873. The molecule has 0 aliphatic carbocycles. The molecule has 1 N–H and O–H groups in total. The van der Waals surface area contributed by atoms with Gasteiger partial charge in [0.2, 0.25) is 0 Å². The fourth-order valence-electron chi connectivity index (χ4n) is 1.13. The molecule has 13 heavy (non-hydrogen) atoms. The molecule has 0 aliphatic rings. The lowest BCUT2D eigenvalue weighted by Gasteiger charge is -1.89. The van der Waals surface area contributed by atoms with Gasteiger partial charge in [0.15, 0.2) is 0 Å². The zero-order chi connectivity index (χ0) is 9.42. The van der Waals surface area contributed by atoms with Gasteiger partial charge in [-0.25, -0.2) is 4.79 Å². The first-order valence-corrected chi connectivity index (χ1v) is 4.89. The van der Waals surface area contributed by atoms with Crippen LogP contribution in [0.25, 0.3) is 10.1 Å². The summed E-state index contributed by atoms with van der Waals surface area (Å²) in [5, 5.41) is 9.70. The zero-order valence-corrected chi connectivity index (χ0v) is 8.23. The van der Waals surface area contributed by atoms with Crippen molar-refractivity contribution in [3.05, 3.63) is 29.1 Å². The smallest absolute Gasteiger partial charge is 0.345 e. The summed E-state index contributed by atoms with van der Waals surface area (Å²) in [4.78, 5) is 11.9. The molecule has 66 valence electrons. The first-order chi connectivity index (χ1) is 6.16. The van der Waals surface area contributed by atoms with Crippen LogP contribution in [0.3, 0.4) is 0 Å². The number of thiophene rings is 1. The Bertz CT molecular complexity index is 473. The van der Waals surface area contributed by atoms with E-state index in [4.69, 9.17) is 5.11 Å². The highest BCUT2D eigenvalue weighted by molar-refractivity contribution is 7.80. The van der Waals surface area contributed by atoms with Gasteiger partial charge in [0.25, 0.3) is 0 Å². The fraction of sp³-hybridized carbons (Fsp3) is 0. The predicted molar refractivity (Wildman–Crippen MR) is 56.0 cm³/mol. The number of carboxylic acids is 1. The van der Waals surface area contributed by atoms with Gasteiger partial charge in [0.05, 0.1) is 0 Å². The van der Waals surface area contributed by atoms with Crippen molar-refractivity contribution in [1.82, 2.24) is 0 Å². The summed E-state index contributed by atoms with van der Waals surface area (Å²) in [5.74, 6) is -0.873. The van der Waals surface area contributed by atoms with Crippen molar-refractivity contribution in [3.63, 3.8) is 0 Å². The molecule has 2 rings (SSSR count). The molecule has 0 amide bonds. The Labute approximate surface area is 84.2 Å². The van der Waals surface area contributed by atoms with E-state index in [1.54, 1.807) is 6.07 Å². The third-order valence-electron chi connectivity index (χ3n) is 1.71. The highest BCUT2D eigenvalue weighted by Gasteiger charge is 2.07. The molecule has 2 aromatic rings. The first kappa shape index (κ1) is 8.59. The van der Waals surface area contributed by atoms with E-state index in [0.29, 0.717) is 4.88 Å². The lowest BCUT2D eigenvalue weighted by atomic mass is 10.2.